The molecule has 3 fully saturated rings. The highest BCUT2D eigenvalue weighted by Crippen LogP contribution is 2.40. The van der Waals surface area contributed by atoms with Crippen molar-refractivity contribution < 1.29 is 86.5 Å². The number of ketones is 2. The van der Waals surface area contributed by atoms with Gasteiger partial charge in [-0.1, -0.05) is 94.8 Å². The maximum Gasteiger partial charge on any atom is 0.329 e. The number of rotatable bonds is 22. The summed E-state index contributed by atoms with van der Waals surface area (Å²) in [4.78, 5) is 99.0. The van der Waals surface area contributed by atoms with Gasteiger partial charge in [0.25, 0.3) is 11.7 Å². The van der Waals surface area contributed by atoms with E-state index in [4.69, 9.17) is 18.9 Å². The van der Waals surface area contributed by atoms with Crippen LogP contribution in [0.4, 0.5) is 0 Å². The topological polar surface area (TPSA) is 322 Å². The highest BCUT2D eigenvalue weighted by atomic mass is 32.2. The lowest BCUT2D eigenvalue weighted by Gasteiger charge is -2.45. The van der Waals surface area contributed by atoms with Crippen molar-refractivity contribution >= 4 is 51.6 Å². The lowest BCUT2D eigenvalue weighted by atomic mass is 9.78. The molecule has 3 amide bonds. The Morgan fingerprint density at radius 1 is 0.871 bits per heavy atom. The van der Waals surface area contributed by atoms with Crippen molar-refractivity contribution in [1.29, 1.82) is 0 Å². The Morgan fingerprint density at radius 2 is 1.57 bits per heavy atom. The maximum absolute atomic E-state index is 14.7. The number of cyclic esters (lactones) is 1. The van der Waals surface area contributed by atoms with E-state index in [1.165, 1.54) is 56.6 Å². The lowest BCUT2D eigenvalue weighted by Crippen LogP contribution is -2.63. The molecule has 2 bridgehead atoms. The molecule has 23 heteroatoms. The molecule has 7 N–H and O–H groups in total. The van der Waals surface area contributed by atoms with Gasteiger partial charge in [0.2, 0.25) is 27.6 Å². The average Bonchev–Trinajstić information content (AvgIpc) is 0.833. The molecule has 0 spiro atoms. The molecule has 2 aromatic carbocycles. The number of Topliss-reactive ketones (excluding diaryl/α,β-unsaturated/α-hetero) is 2. The molecule has 0 aromatic heterocycles. The predicted molar refractivity (Wildman–Crippen MR) is 347 cm³/mol. The zero-order valence-electron chi connectivity index (χ0n) is 55.8. The predicted octanol–water partition coefficient (Wildman–Crippen LogP) is 5.88. The summed E-state index contributed by atoms with van der Waals surface area (Å²) in [7, 11) is -1.12. The Labute approximate surface area is 548 Å². The highest BCUT2D eigenvalue weighted by molar-refractivity contribution is 7.89. The first kappa shape index (κ1) is 76.0. The van der Waals surface area contributed by atoms with Crippen molar-refractivity contribution in [2.45, 2.75) is 217 Å². The van der Waals surface area contributed by atoms with Crippen LogP contribution in [-0.2, 0) is 64.2 Å². The van der Waals surface area contributed by atoms with Crippen LogP contribution < -0.4 is 15.4 Å². The number of fused-ring (bicyclic) bond motifs is 3. The van der Waals surface area contributed by atoms with Crippen molar-refractivity contribution in [2.24, 2.45) is 41.4 Å². The Balaban J connectivity index is 1.20. The van der Waals surface area contributed by atoms with E-state index in [1.54, 1.807) is 32.1 Å². The normalized spacial score (nSPS) is 30.9. The van der Waals surface area contributed by atoms with Gasteiger partial charge >= 0.3 is 5.97 Å². The van der Waals surface area contributed by atoms with Crippen molar-refractivity contribution in [1.82, 2.24) is 19.8 Å². The van der Waals surface area contributed by atoms with Gasteiger partial charge < -0.3 is 64.8 Å². The Kier molecular flexibility index (Phi) is 28.7. The summed E-state index contributed by atoms with van der Waals surface area (Å²) in [5.41, 5.74) is 2.05. The summed E-state index contributed by atoms with van der Waals surface area (Å²) in [6.07, 6.45) is 2.77. The number of hydrogen-bond acceptors (Lipinski definition) is 18. The van der Waals surface area contributed by atoms with Crippen LogP contribution in [0.25, 0.3) is 0 Å². The number of amides is 3. The summed E-state index contributed by atoms with van der Waals surface area (Å²) in [5.74, 6) is -11.4. The number of hydrogen-bond donors (Lipinski definition) is 7. The van der Waals surface area contributed by atoms with E-state index in [0.717, 1.165) is 16.0 Å². The third kappa shape index (κ3) is 20.7. The number of nitrogens with one attached hydrogen (secondary N) is 2. The van der Waals surface area contributed by atoms with Crippen LogP contribution in [0.2, 0.25) is 0 Å². The van der Waals surface area contributed by atoms with Crippen LogP contribution in [0.15, 0.2) is 94.9 Å². The number of ether oxygens (including phenoxy) is 4. The second-order valence-electron chi connectivity index (χ2n) is 26.9. The Morgan fingerprint density at radius 3 is 2.23 bits per heavy atom. The van der Waals surface area contributed by atoms with E-state index in [9.17, 15) is 67.5 Å². The molecule has 3 heterocycles. The van der Waals surface area contributed by atoms with Crippen molar-refractivity contribution in [3.05, 3.63) is 95.6 Å². The number of benzene rings is 2. The number of carbonyl (C=O) groups excluding carboxylic acids is 7. The Bertz CT molecular complexity index is 3050. The van der Waals surface area contributed by atoms with Gasteiger partial charge in [0.05, 0.1) is 54.7 Å². The molecule has 1 saturated carbocycles. The van der Waals surface area contributed by atoms with E-state index in [0.29, 0.717) is 56.1 Å². The molecule has 2 aromatic rings. The second kappa shape index (κ2) is 35.1. The van der Waals surface area contributed by atoms with Crippen LogP contribution in [0.5, 0.6) is 5.75 Å². The SMILES string of the molecule is COc1ccc(S(=O)(=O)N(CC(C)C)C[C@@H](O)[C@H](Cc2ccccc2)NC(=O)C(C)NC(=O)CC/C=C/C[C@@H]2/C=C(\C)C[C@H](C)C[C@H](O)[C@H]3O[C@@](O)(C(=O)C(=O)N4CCCC[C@H]4C(=O)O[C@H](/C(C)=C/[C@@H]4CC[C@@H](O)[C@H](OC)C4)[C@H](C)[C@@H](O)CC2=O)[C@H](C)C[C@@H]3C=O)cc1. The quantitative estimate of drug-likeness (QED) is 0.0313. The van der Waals surface area contributed by atoms with Gasteiger partial charge in [-0.3, -0.25) is 24.0 Å². The van der Waals surface area contributed by atoms with Gasteiger partial charge in [0.15, 0.2) is 0 Å². The number of aliphatic hydroxyl groups excluding tert-OH is 4. The van der Waals surface area contributed by atoms with Gasteiger partial charge in [-0.25, -0.2) is 13.2 Å². The molecule has 17 atom stereocenters. The minimum absolute atomic E-state index is 0.00885. The Hall–Kier alpha value is -6.02. The molecule has 1 aliphatic carbocycles. The van der Waals surface area contributed by atoms with Gasteiger partial charge in [0.1, 0.15) is 36.0 Å². The number of methoxy groups -OCH3 is 2. The molecule has 3 aliphatic heterocycles. The van der Waals surface area contributed by atoms with Crippen LogP contribution in [-0.4, -0.2) is 185 Å². The maximum atomic E-state index is 14.7. The molecule has 1 unspecified atom stereocenters. The largest absolute Gasteiger partial charge is 0.497 e. The summed E-state index contributed by atoms with van der Waals surface area (Å²) in [5, 5.41) is 63.9. The number of sulfonamides is 1. The number of aldehydes is 1. The minimum atomic E-state index is -4.11. The monoisotopic (exact) mass is 1320 g/mol. The molecular weight excluding hydrogens is 1220 g/mol. The molecule has 22 nitrogen and oxygen atoms in total. The molecular formula is C70H102N4O18S. The van der Waals surface area contributed by atoms with Gasteiger partial charge in [0, 0.05) is 63.3 Å². The van der Waals surface area contributed by atoms with Crippen LogP contribution >= 0.6 is 0 Å². The smallest absolute Gasteiger partial charge is 0.329 e. The van der Waals surface area contributed by atoms with Gasteiger partial charge in [-0.2, -0.15) is 4.31 Å². The first-order valence-corrected chi connectivity index (χ1v) is 34.4. The lowest BCUT2D eigenvalue weighted by molar-refractivity contribution is -0.286. The van der Waals surface area contributed by atoms with E-state index >= 15 is 0 Å². The second-order valence-corrected chi connectivity index (χ2v) is 28.8. The van der Waals surface area contributed by atoms with Crippen LogP contribution in [0, 0.1) is 41.4 Å². The number of nitrogens with zero attached hydrogens (tertiary/aromatic N) is 2. The van der Waals surface area contributed by atoms with Crippen LogP contribution in [0.3, 0.4) is 0 Å². The van der Waals surface area contributed by atoms with E-state index in [2.05, 4.69) is 10.6 Å². The molecule has 2 saturated heterocycles. The minimum Gasteiger partial charge on any atom is -0.497 e. The average molecular weight is 1320 g/mol. The number of esters is 1. The molecule has 0 radical (unpaired) electrons. The first-order valence-electron chi connectivity index (χ1n) is 33.0. The zero-order chi connectivity index (χ0) is 68.5. The standard InChI is InChI=1S/C70H102N4O18S/c1-42(2)39-73(93(87,88)54-27-25-53(89-9)26-28-54)40-61(80)55(36-49-19-13-11-14-20-49)72-67(83)48(8)71-63(81)23-16-12-15-21-51-32-43(3)31-44(4)33-60(79)65-52(41-75)35-46(6)70(86,92-65)66(82)68(84)74-30-18-17-22-56(74)69(85)91-64(47(7)58(77)38-59(51)78)45(5)34-50-24-29-57(76)62(37-50)90-10/h11-15,19-20,25-28,32,34,41-42,44,46-48,50-52,55-58,60-62,64-65,76-77,79-80,86H,16-18,21-24,29-31,33,35-40H2,1-10H3,(H,71,81)(H,72,83)/b15-12+,43-32+,45-34+/t44-,46+,47+,48?,50-,51+,52+,55-,56-,57+,58-,60-,61+,62+,64+,65-,70+/m0/s1. The fourth-order valence-electron chi connectivity index (χ4n) is 13.4. The van der Waals surface area contributed by atoms with E-state index in [1.807, 2.05) is 64.1 Å². The molecule has 6 rings (SSSR count). The van der Waals surface area contributed by atoms with Gasteiger partial charge in [-0.15, -0.1) is 0 Å². The fraction of sp³-hybridized carbons (Fsp3) is 0.643. The van der Waals surface area contributed by atoms with Crippen molar-refractivity contribution in [3.8, 4) is 5.75 Å². The summed E-state index contributed by atoms with van der Waals surface area (Å²) in [6, 6.07) is 11.7. The molecule has 93 heavy (non-hydrogen) atoms. The van der Waals surface area contributed by atoms with Crippen LogP contribution in [0.1, 0.15) is 144 Å². The summed E-state index contributed by atoms with van der Waals surface area (Å²) in [6.45, 7) is 13.5. The van der Waals surface area contributed by atoms with E-state index in [-0.39, 0.29) is 99.4 Å². The first-order chi connectivity index (χ1) is 44.0. The number of carbonyl (C=O) groups is 7. The third-order valence-electron chi connectivity index (χ3n) is 18.8. The number of allylic oxidation sites excluding steroid dienone is 5. The van der Waals surface area contributed by atoms with Crippen molar-refractivity contribution in [2.75, 3.05) is 33.9 Å². The summed E-state index contributed by atoms with van der Waals surface area (Å²) >= 11 is 0. The zero-order valence-corrected chi connectivity index (χ0v) is 56.6. The fourth-order valence-corrected chi connectivity index (χ4v) is 15.0. The molecule has 516 valence electrons. The molecule has 4 aliphatic rings. The van der Waals surface area contributed by atoms with Gasteiger partial charge in [-0.05, 0) is 151 Å². The number of piperidine rings is 1. The number of aliphatic hydroxyl groups is 5. The third-order valence-corrected chi connectivity index (χ3v) is 20.6. The van der Waals surface area contributed by atoms with E-state index < -0.39 is 130 Å². The van der Waals surface area contributed by atoms with Crippen molar-refractivity contribution in [3.63, 3.8) is 0 Å². The highest BCUT2D eigenvalue weighted by Gasteiger charge is 2.56. The summed E-state index contributed by atoms with van der Waals surface area (Å²) < 4.78 is 52.4.